The Morgan fingerprint density at radius 3 is 3.00 bits per heavy atom. The number of ether oxygens (including phenoxy) is 1. The molecule has 0 aromatic carbocycles. The quantitative estimate of drug-likeness (QED) is 0.859. The average Bonchev–Trinajstić information content (AvgIpc) is 2.96. The molecular weight excluding hydrogens is 314 g/mol. The molecule has 1 aromatic rings. The van der Waals surface area contributed by atoms with Crippen molar-refractivity contribution in [3.05, 3.63) is 16.3 Å². The van der Waals surface area contributed by atoms with Crippen LogP contribution < -0.4 is 0 Å². The van der Waals surface area contributed by atoms with E-state index in [9.17, 15) is 13.2 Å². The molecule has 1 aromatic heterocycles. The Kier molecular flexibility index (Phi) is 5.37. The van der Waals surface area contributed by atoms with Gasteiger partial charge in [-0.1, -0.05) is 0 Å². The fourth-order valence-electron chi connectivity index (χ4n) is 2.46. The van der Waals surface area contributed by atoms with Crippen LogP contribution in [-0.2, 0) is 14.8 Å². The van der Waals surface area contributed by atoms with Crippen LogP contribution in [-0.4, -0.2) is 50.1 Å². The van der Waals surface area contributed by atoms with Crippen molar-refractivity contribution in [2.75, 3.05) is 26.3 Å². The van der Waals surface area contributed by atoms with Crippen molar-refractivity contribution in [3.8, 4) is 0 Å². The molecule has 2 heterocycles. The van der Waals surface area contributed by atoms with Gasteiger partial charge in [0.25, 0.3) is 0 Å². The van der Waals surface area contributed by atoms with Crippen molar-refractivity contribution in [3.63, 3.8) is 0 Å². The first kappa shape index (κ1) is 16.4. The highest BCUT2D eigenvalue weighted by Gasteiger charge is 2.33. The van der Waals surface area contributed by atoms with E-state index < -0.39 is 16.0 Å². The number of carboxylic acids is 1. The number of piperidine rings is 1. The highest BCUT2D eigenvalue weighted by molar-refractivity contribution is 7.89. The molecule has 0 bridgehead atoms. The van der Waals surface area contributed by atoms with Crippen LogP contribution in [0, 0.1) is 5.92 Å². The Labute approximate surface area is 128 Å². The Morgan fingerprint density at radius 2 is 2.33 bits per heavy atom. The zero-order valence-corrected chi connectivity index (χ0v) is 13.5. The maximum absolute atomic E-state index is 12.6. The number of nitrogens with zero attached hydrogens (tertiary/aromatic N) is 1. The first-order valence-corrected chi connectivity index (χ1v) is 9.17. The zero-order valence-electron chi connectivity index (χ0n) is 11.8. The summed E-state index contributed by atoms with van der Waals surface area (Å²) < 4.78 is 32.0. The number of thiophene rings is 1. The fourth-order valence-corrected chi connectivity index (χ4v) is 5.25. The van der Waals surface area contributed by atoms with Crippen molar-refractivity contribution >= 4 is 27.3 Å². The Balaban J connectivity index is 2.19. The van der Waals surface area contributed by atoms with Crippen LogP contribution in [0.3, 0.4) is 0 Å². The van der Waals surface area contributed by atoms with Gasteiger partial charge >= 0.3 is 5.97 Å². The van der Waals surface area contributed by atoms with E-state index in [1.807, 2.05) is 6.92 Å². The number of sulfonamides is 1. The average molecular weight is 333 g/mol. The summed E-state index contributed by atoms with van der Waals surface area (Å²) in [5.41, 5.74) is 0. The predicted molar refractivity (Wildman–Crippen MR) is 79.3 cm³/mol. The van der Waals surface area contributed by atoms with Gasteiger partial charge in [-0.2, -0.15) is 4.31 Å². The van der Waals surface area contributed by atoms with Crippen molar-refractivity contribution in [1.29, 1.82) is 0 Å². The number of carbonyl (C=O) groups is 1. The number of aromatic carboxylic acids is 1. The molecule has 0 spiro atoms. The summed E-state index contributed by atoms with van der Waals surface area (Å²) in [4.78, 5) is 10.9. The Hall–Kier alpha value is -0.960. The molecule has 1 fully saturated rings. The summed E-state index contributed by atoms with van der Waals surface area (Å²) in [5, 5.41) is 10.6. The summed E-state index contributed by atoms with van der Waals surface area (Å²) in [5.74, 6) is -1.04. The summed E-state index contributed by atoms with van der Waals surface area (Å²) >= 11 is 0.933. The lowest BCUT2D eigenvalue weighted by Crippen LogP contribution is -2.41. The van der Waals surface area contributed by atoms with Crippen molar-refractivity contribution in [1.82, 2.24) is 4.31 Å². The van der Waals surface area contributed by atoms with Gasteiger partial charge in [0, 0.05) is 19.7 Å². The molecule has 118 valence electrons. The third-order valence-corrected chi connectivity index (χ3v) is 6.42. The topological polar surface area (TPSA) is 83.9 Å². The normalized spacial score (nSPS) is 20.5. The number of carboxylic acid groups (broad SMARTS) is 1. The molecule has 21 heavy (non-hydrogen) atoms. The zero-order chi connectivity index (χ0) is 15.5. The van der Waals surface area contributed by atoms with E-state index in [4.69, 9.17) is 9.84 Å². The van der Waals surface area contributed by atoms with E-state index in [0.717, 1.165) is 24.2 Å². The van der Waals surface area contributed by atoms with Crippen LogP contribution in [0.1, 0.15) is 29.4 Å². The summed E-state index contributed by atoms with van der Waals surface area (Å²) in [6, 6.07) is 1.37. The van der Waals surface area contributed by atoms with Gasteiger partial charge in [0.2, 0.25) is 10.0 Å². The maximum Gasteiger partial charge on any atom is 0.347 e. The van der Waals surface area contributed by atoms with Crippen LogP contribution in [0.2, 0.25) is 0 Å². The summed E-state index contributed by atoms with van der Waals surface area (Å²) in [6.45, 7) is 3.87. The third-order valence-electron chi connectivity index (χ3n) is 3.48. The second-order valence-corrected chi connectivity index (χ2v) is 7.77. The lowest BCUT2D eigenvalue weighted by Gasteiger charge is -2.31. The lowest BCUT2D eigenvalue weighted by molar-refractivity contribution is 0.0697. The van der Waals surface area contributed by atoms with E-state index in [-0.39, 0.29) is 15.7 Å². The SMILES string of the molecule is CCOCC1CCCN(S(=O)(=O)c2ccsc2C(=O)O)C1. The minimum atomic E-state index is -3.74. The monoisotopic (exact) mass is 333 g/mol. The molecule has 1 unspecified atom stereocenters. The van der Waals surface area contributed by atoms with Crippen molar-refractivity contribution < 1.29 is 23.1 Å². The molecule has 0 aliphatic carbocycles. The van der Waals surface area contributed by atoms with Crippen LogP contribution >= 0.6 is 11.3 Å². The Morgan fingerprint density at radius 1 is 1.57 bits per heavy atom. The molecule has 1 aliphatic rings. The van der Waals surface area contributed by atoms with E-state index in [2.05, 4.69) is 0 Å². The molecule has 6 nitrogen and oxygen atoms in total. The molecule has 1 N–H and O–H groups in total. The van der Waals surface area contributed by atoms with Gasteiger partial charge in [-0.05, 0) is 37.1 Å². The second kappa shape index (κ2) is 6.87. The number of hydrogen-bond acceptors (Lipinski definition) is 5. The maximum atomic E-state index is 12.6. The predicted octanol–water partition coefficient (Wildman–Crippen LogP) is 1.88. The van der Waals surface area contributed by atoms with Crippen LogP contribution in [0.4, 0.5) is 0 Å². The summed E-state index contributed by atoms with van der Waals surface area (Å²) in [6.07, 6.45) is 1.70. The molecule has 1 atom stereocenters. The van der Waals surface area contributed by atoms with Crippen molar-refractivity contribution in [2.24, 2.45) is 5.92 Å². The highest BCUT2D eigenvalue weighted by atomic mass is 32.2. The molecule has 0 saturated carbocycles. The lowest BCUT2D eigenvalue weighted by atomic mass is 10.0. The molecule has 0 radical (unpaired) electrons. The van der Waals surface area contributed by atoms with E-state index in [1.165, 1.54) is 15.8 Å². The molecular formula is C13H19NO5S2. The van der Waals surface area contributed by atoms with Gasteiger partial charge in [0.15, 0.2) is 0 Å². The Bertz CT molecular complexity index is 595. The van der Waals surface area contributed by atoms with Gasteiger partial charge in [0.1, 0.15) is 9.77 Å². The van der Waals surface area contributed by atoms with E-state index in [1.54, 1.807) is 0 Å². The summed E-state index contributed by atoms with van der Waals surface area (Å²) in [7, 11) is -3.74. The first-order valence-electron chi connectivity index (χ1n) is 6.85. The van der Waals surface area contributed by atoms with E-state index >= 15 is 0 Å². The van der Waals surface area contributed by atoms with Crippen LogP contribution in [0.5, 0.6) is 0 Å². The minimum absolute atomic E-state index is 0.0999. The van der Waals surface area contributed by atoms with Gasteiger partial charge in [-0.3, -0.25) is 0 Å². The molecule has 1 saturated heterocycles. The third kappa shape index (κ3) is 3.63. The molecule has 8 heteroatoms. The van der Waals surface area contributed by atoms with Crippen LogP contribution in [0.25, 0.3) is 0 Å². The highest BCUT2D eigenvalue weighted by Crippen LogP contribution is 2.28. The van der Waals surface area contributed by atoms with Gasteiger partial charge in [-0.15, -0.1) is 11.3 Å². The second-order valence-electron chi connectivity index (χ2n) is 4.95. The smallest absolute Gasteiger partial charge is 0.347 e. The van der Waals surface area contributed by atoms with Gasteiger partial charge in [-0.25, -0.2) is 13.2 Å². The van der Waals surface area contributed by atoms with Crippen LogP contribution in [0.15, 0.2) is 16.3 Å². The fraction of sp³-hybridized carbons (Fsp3) is 0.615. The minimum Gasteiger partial charge on any atom is -0.477 e. The number of rotatable bonds is 6. The standard InChI is InChI=1S/C13H19NO5S2/c1-2-19-9-10-4-3-6-14(8-10)21(17,18)11-5-7-20-12(11)13(15)16/h5,7,10H,2-4,6,8-9H2,1H3,(H,15,16). The van der Waals surface area contributed by atoms with Gasteiger partial charge in [0.05, 0.1) is 6.61 Å². The molecule has 2 rings (SSSR count). The largest absolute Gasteiger partial charge is 0.477 e. The van der Waals surface area contributed by atoms with Gasteiger partial charge < -0.3 is 9.84 Å². The van der Waals surface area contributed by atoms with Crippen molar-refractivity contribution in [2.45, 2.75) is 24.7 Å². The first-order chi connectivity index (χ1) is 9.96. The van der Waals surface area contributed by atoms with E-state index in [0.29, 0.717) is 26.3 Å². The number of hydrogen-bond donors (Lipinski definition) is 1. The molecule has 1 aliphatic heterocycles. The molecule has 0 amide bonds.